The van der Waals surface area contributed by atoms with Crippen molar-refractivity contribution in [2.45, 2.75) is 33.7 Å². The molecular formula is C25H26N6. The van der Waals surface area contributed by atoms with Crippen LogP contribution in [0.2, 0.25) is 0 Å². The SMILES string of the molecule is CCNCc1cncc(-c2ccc3[nH]nc(-c4nc5ccc(CC)cc5[nH]4)c3c2)c1C. The van der Waals surface area contributed by atoms with Crippen molar-refractivity contribution >= 4 is 21.9 Å². The molecule has 0 saturated heterocycles. The van der Waals surface area contributed by atoms with Crippen LogP contribution in [0.15, 0.2) is 48.8 Å². The summed E-state index contributed by atoms with van der Waals surface area (Å²) in [7, 11) is 0. The lowest BCUT2D eigenvalue weighted by molar-refractivity contribution is 0.721. The molecule has 5 rings (SSSR count). The molecule has 3 N–H and O–H groups in total. The van der Waals surface area contributed by atoms with E-state index in [2.05, 4.69) is 82.7 Å². The van der Waals surface area contributed by atoms with E-state index in [-0.39, 0.29) is 0 Å². The van der Waals surface area contributed by atoms with E-state index in [0.29, 0.717) is 0 Å². The van der Waals surface area contributed by atoms with E-state index in [1.165, 1.54) is 16.7 Å². The first kappa shape index (κ1) is 19.5. The molecular weight excluding hydrogens is 384 g/mol. The van der Waals surface area contributed by atoms with Gasteiger partial charge < -0.3 is 10.3 Å². The van der Waals surface area contributed by atoms with Crippen LogP contribution in [0.5, 0.6) is 0 Å². The highest BCUT2D eigenvalue weighted by Gasteiger charge is 2.15. The van der Waals surface area contributed by atoms with Crippen molar-refractivity contribution in [2.24, 2.45) is 0 Å². The minimum atomic E-state index is 0.780. The molecule has 0 fully saturated rings. The minimum absolute atomic E-state index is 0.780. The highest BCUT2D eigenvalue weighted by Crippen LogP contribution is 2.32. The van der Waals surface area contributed by atoms with Gasteiger partial charge >= 0.3 is 0 Å². The standard InChI is InChI=1S/C25H26N6/c1-4-16-6-8-22-23(10-16)29-25(28-22)24-19-11-17(7-9-21(19)30-31-24)20-14-27-13-18(15(20)3)12-26-5-2/h6-11,13-14,26H,4-5,12H2,1-3H3,(H,28,29)(H,30,31). The van der Waals surface area contributed by atoms with Gasteiger partial charge in [-0.25, -0.2) is 4.98 Å². The Morgan fingerprint density at radius 1 is 1.00 bits per heavy atom. The summed E-state index contributed by atoms with van der Waals surface area (Å²) in [6, 6.07) is 12.7. The van der Waals surface area contributed by atoms with Gasteiger partial charge in [0.05, 0.1) is 16.6 Å². The van der Waals surface area contributed by atoms with Gasteiger partial charge in [-0.2, -0.15) is 5.10 Å². The van der Waals surface area contributed by atoms with Gasteiger partial charge in [-0.15, -0.1) is 0 Å². The van der Waals surface area contributed by atoms with Crippen molar-refractivity contribution in [3.8, 4) is 22.6 Å². The molecule has 2 aromatic carbocycles. The fraction of sp³-hybridized carbons (Fsp3) is 0.240. The van der Waals surface area contributed by atoms with Gasteiger partial charge in [-0.05, 0) is 66.4 Å². The highest BCUT2D eigenvalue weighted by atomic mass is 15.1. The van der Waals surface area contributed by atoms with Crippen molar-refractivity contribution in [3.63, 3.8) is 0 Å². The Morgan fingerprint density at radius 3 is 2.74 bits per heavy atom. The van der Waals surface area contributed by atoms with Crippen LogP contribution >= 0.6 is 0 Å². The normalized spacial score (nSPS) is 11.6. The Kier molecular flexibility index (Phi) is 5.00. The number of imidazole rings is 1. The van der Waals surface area contributed by atoms with E-state index in [0.717, 1.165) is 64.1 Å². The van der Waals surface area contributed by atoms with E-state index >= 15 is 0 Å². The smallest absolute Gasteiger partial charge is 0.159 e. The number of nitrogens with one attached hydrogen (secondary N) is 3. The molecule has 3 heterocycles. The summed E-state index contributed by atoms with van der Waals surface area (Å²) >= 11 is 0. The van der Waals surface area contributed by atoms with Crippen molar-refractivity contribution < 1.29 is 0 Å². The first-order chi connectivity index (χ1) is 15.2. The van der Waals surface area contributed by atoms with Gasteiger partial charge in [0.2, 0.25) is 0 Å². The predicted octanol–water partition coefficient (Wildman–Crippen LogP) is 5.15. The fourth-order valence-corrected chi connectivity index (χ4v) is 4.05. The zero-order valence-corrected chi connectivity index (χ0v) is 18.1. The average molecular weight is 411 g/mol. The number of fused-ring (bicyclic) bond motifs is 2. The van der Waals surface area contributed by atoms with Crippen LogP contribution in [0, 0.1) is 6.92 Å². The fourth-order valence-electron chi connectivity index (χ4n) is 4.05. The van der Waals surface area contributed by atoms with Gasteiger partial charge in [-0.3, -0.25) is 10.1 Å². The van der Waals surface area contributed by atoms with Crippen LogP contribution in [0.4, 0.5) is 0 Å². The summed E-state index contributed by atoms with van der Waals surface area (Å²) in [5.74, 6) is 0.780. The molecule has 0 bridgehead atoms. The number of aromatic nitrogens is 5. The third kappa shape index (κ3) is 3.49. The average Bonchev–Trinajstić information content (AvgIpc) is 3.41. The van der Waals surface area contributed by atoms with Crippen LogP contribution < -0.4 is 5.32 Å². The molecule has 6 heteroatoms. The number of pyridine rings is 1. The van der Waals surface area contributed by atoms with Crippen LogP contribution in [0.3, 0.4) is 0 Å². The van der Waals surface area contributed by atoms with Gasteiger partial charge in [0.1, 0.15) is 5.69 Å². The van der Waals surface area contributed by atoms with E-state index in [9.17, 15) is 0 Å². The maximum absolute atomic E-state index is 4.79. The maximum Gasteiger partial charge on any atom is 0.159 e. The number of rotatable bonds is 6. The Hall–Kier alpha value is -3.51. The number of aryl methyl sites for hydroxylation is 1. The molecule has 156 valence electrons. The second-order valence-electron chi connectivity index (χ2n) is 7.87. The number of H-pyrrole nitrogens is 2. The predicted molar refractivity (Wildman–Crippen MR) is 126 cm³/mol. The van der Waals surface area contributed by atoms with Crippen LogP contribution in [0.25, 0.3) is 44.6 Å². The van der Waals surface area contributed by atoms with E-state index in [1.807, 2.05) is 12.4 Å². The highest BCUT2D eigenvalue weighted by molar-refractivity contribution is 5.96. The summed E-state index contributed by atoms with van der Waals surface area (Å²) in [6.07, 6.45) is 4.89. The van der Waals surface area contributed by atoms with E-state index in [4.69, 9.17) is 4.98 Å². The number of hydrogen-bond donors (Lipinski definition) is 3. The second-order valence-corrected chi connectivity index (χ2v) is 7.87. The molecule has 0 spiro atoms. The number of nitrogens with zero attached hydrogens (tertiary/aromatic N) is 3. The minimum Gasteiger partial charge on any atom is -0.337 e. The summed E-state index contributed by atoms with van der Waals surface area (Å²) < 4.78 is 0. The third-order valence-corrected chi connectivity index (χ3v) is 5.94. The molecule has 0 unspecified atom stereocenters. The van der Waals surface area contributed by atoms with Crippen molar-refractivity contribution in [2.75, 3.05) is 6.54 Å². The molecule has 0 aliphatic heterocycles. The number of hydrogen-bond acceptors (Lipinski definition) is 4. The van der Waals surface area contributed by atoms with Gasteiger partial charge in [0.25, 0.3) is 0 Å². The van der Waals surface area contributed by atoms with Crippen LogP contribution in [0.1, 0.15) is 30.5 Å². The lowest BCUT2D eigenvalue weighted by atomic mass is 9.98. The molecule has 6 nitrogen and oxygen atoms in total. The first-order valence-corrected chi connectivity index (χ1v) is 10.8. The van der Waals surface area contributed by atoms with Gasteiger partial charge in [0.15, 0.2) is 5.82 Å². The van der Waals surface area contributed by atoms with E-state index < -0.39 is 0 Å². The molecule has 31 heavy (non-hydrogen) atoms. The largest absolute Gasteiger partial charge is 0.337 e. The monoisotopic (exact) mass is 410 g/mol. The lowest BCUT2D eigenvalue weighted by Crippen LogP contribution is -2.13. The number of benzene rings is 2. The van der Waals surface area contributed by atoms with Crippen molar-refractivity contribution in [1.29, 1.82) is 0 Å². The molecule has 0 aliphatic rings. The second kappa shape index (κ2) is 7.96. The third-order valence-electron chi connectivity index (χ3n) is 5.94. The summed E-state index contributed by atoms with van der Waals surface area (Å²) in [4.78, 5) is 12.7. The summed E-state index contributed by atoms with van der Waals surface area (Å²) in [5.41, 5.74) is 9.84. The Morgan fingerprint density at radius 2 is 1.90 bits per heavy atom. The number of aromatic amines is 2. The Bertz CT molecular complexity index is 1380. The van der Waals surface area contributed by atoms with Crippen molar-refractivity contribution in [1.82, 2.24) is 30.5 Å². The molecule has 0 saturated carbocycles. The lowest BCUT2D eigenvalue weighted by Gasteiger charge is -2.11. The molecule has 0 atom stereocenters. The quantitative estimate of drug-likeness (QED) is 0.362. The van der Waals surface area contributed by atoms with E-state index in [1.54, 1.807) is 0 Å². The zero-order chi connectivity index (χ0) is 21.4. The molecule has 5 aromatic rings. The van der Waals surface area contributed by atoms with Crippen molar-refractivity contribution in [3.05, 3.63) is 65.5 Å². The Labute approximate surface area is 181 Å². The van der Waals surface area contributed by atoms with Crippen LogP contribution in [-0.4, -0.2) is 31.7 Å². The molecule has 0 radical (unpaired) electrons. The molecule has 0 aliphatic carbocycles. The topological polar surface area (TPSA) is 82.3 Å². The maximum atomic E-state index is 4.79. The molecule has 0 amide bonds. The Balaban J connectivity index is 1.60. The van der Waals surface area contributed by atoms with Gasteiger partial charge in [0, 0.05) is 29.9 Å². The zero-order valence-electron chi connectivity index (χ0n) is 18.1. The summed E-state index contributed by atoms with van der Waals surface area (Å²) in [6.45, 7) is 8.19. The molecule has 3 aromatic heterocycles. The first-order valence-electron chi connectivity index (χ1n) is 10.8. The van der Waals surface area contributed by atoms with Crippen LogP contribution in [-0.2, 0) is 13.0 Å². The van der Waals surface area contributed by atoms with Gasteiger partial charge in [-0.1, -0.05) is 26.0 Å². The summed E-state index contributed by atoms with van der Waals surface area (Å²) in [5, 5.41) is 12.2.